The number of halogens is 2. The Kier molecular flexibility index (Phi) is 4.64. The zero-order chi connectivity index (χ0) is 17.4. The van der Waals surface area contributed by atoms with E-state index in [1.165, 1.54) is 0 Å². The molecule has 2 rings (SSSR count). The molecule has 2 heterocycles. The molecule has 0 unspecified atom stereocenters. The predicted molar refractivity (Wildman–Crippen MR) is 85.6 cm³/mol. The molecule has 4 nitrogen and oxygen atoms in total. The van der Waals surface area contributed by atoms with Gasteiger partial charge in [-0.1, -0.05) is 20.8 Å². The summed E-state index contributed by atoms with van der Waals surface area (Å²) in [7, 11) is 0. The molecule has 1 aliphatic heterocycles. The summed E-state index contributed by atoms with van der Waals surface area (Å²) in [6.07, 6.45) is -0.108. The van der Waals surface area contributed by atoms with Crippen LogP contribution in [0.1, 0.15) is 61.6 Å². The van der Waals surface area contributed by atoms with E-state index < -0.39 is 11.9 Å². The average Bonchev–Trinajstić information content (AvgIpc) is 2.58. The van der Waals surface area contributed by atoms with Crippen LogP contribution < -0.4 is 4.90 Å². The third-order valence-electron chi connectivity index (χ3n) is 4.15. The highest BCUT2D eigenvalue weighted by Gasteiger charge is 2.33. The van der Waals surface area contributed by atoms with Gasteiger partial charge in [0.2, 0.25) is 5.92 Å². The number of nitrogens with zero attached hydrogens (tertiary/aromatic N) is 2. The van der Waals surface area contributed by atoms with E-state index in [-0.39, 0.29) is 30.4 Å². The molecule has 1 N–H and O–H groups in total. The molecule has 0 saturated carbocycles. The first-order valence-electron chi connectivity index (χ1n) is 7.89. The number of hydrogen-bond acceptors (Lipinski definition) is 3. The second-order valence-electron chi connectivity index (χ2n) is 7.28. The number of hydrogen-bond donors (Lipinski definition) is 1. The molecule has 6 heteroatoms. The smallest absolute Gasteiger partial charge is 0.339 e. The normalized spacial score (nSPS) is 18.6. The van der Waals surface area contributed by atoms with Crippen molar-refractivity contribution < 1.29 is 18.7 Å². The summed E-state index contributed by atoms with van der Waals surface area (Å²) in [4.78, 5) is 17.8. The second kappa shape index (κ2) is 6.06. The molecule has 0 bridgehead atoms. The third kappa shape index (κ3) is 3.98. The van der Waals surface area contributed by atoms with Crippen molar-refractivity contribution in [2.24, 2.45) is 0 Å². The van der Waals surface area contributed by atoms with Crippen LogP contribution in [0, 0.1) is 6.92 Å². The van der Waals surface area contributed by atoms with Gasteiger partial charge in [-0.25, -0.2) is 18.6 Å². The Hall–Kier alpha value is -1.72. The van der Waals surface area contributed by atoms with Gasteiger partial charge in [0, 0.05) is 31.3 Å². The summed E-state index contributed by atoms with van der Waals surface area (Å²) in [5.41, 5.74) is 1.44. The van der Waals surface area contributed by atoms with Crippen LogP contribution >= 0.6 is 0 Å². The van der Waals surface area contributed by atoms with E-state index in [1.54, 1.807) is 11.0 Å². The van der Waals surface area contributed by atoms with E-state index in [4.69, 9.17) is 0 Å². The van der Waals surface area contributed by atoms with Crippen LogP contribution in [-0.4, -0.2) is 35.1 Å². The maximum atomic E-state index is 13.6. The van der Waals surface area contributed by atoms with Crippen LogP contribution in [0.5, 0.6) is 0 Å². The van der Waals surface area contributed by atoms with E-state index in [1.807, 2.05) is 27.7 Å². The Morgan fingerprint density at radius 2 is 1.96 bits per heavy atom. The van der Waals surface area contributed by atoms with E-state index in [0.29, 0.717) is 18.8 Å². The summed E-state index contributed by atoms with van der Waals surface area (Å²) < 4.78 is 27.2. The van der Waals surface area contributed by atoms with Crippen LogP contribution in [0.25, 0.3) is 0 Å². The van der Waals surface area contributed by atoms with Crippen molar-refractivity contribution in [1.29, 1.82) is 0 Å². The molecular weight excluding hydrogens is 302 g/mol. The zero-order valence-electron chi connectivity index (χ0n) is 14.1. The molecule has 0 radical (unpaired) electrons. The fourth-order valence-electron chi connectivity index (χ4n) is 3.04. The number of alkyl halides is 2. The number of aromatic nitrogens is 1. The van der Waals surface area contributed by atoms with Gasteiger partial charge in [-0.05, 0) is 25.0 Å². The lowest BCUT2D eigenvalue weighted by molar-refractivity contribution is -0.0102. The summed E-state index contributed by atoms with van der Waals surface area (Å²) in [5, 5.41) is 9.47. The van der Waals surface area contributed by atoms with Crippen molar-refractivity contribution in [3.05, 3.63) is 22.9 Å². The molecule has 0 atom stereocenters. The third-order valence-corrected chi connectivity index (χ3v) is 4.15. The van der Waals surface area contributed by atoms with Crippen molar-refractivity contribution in [3.8, 4) is 0 Å². The zero-order valence-corrected chi connectivity index (χ0v) is 14.1. The molecule has 0 aliphatic carbocycles. The van der Waals surface area contributed by atoms with Gasteiger partial charge in [-0.2, -0.15) is 0 Å². The van der Waals surface area contributed by atoms with Crippen molar-refractivity contribution in [2.75, 3.05) is 18.0 Å². The lowest BCUT2D eigenvalue weighted by Gasteiger charge is -2.27. The molecule has 1 aromatic heterocycles. The number of rotatable bonds is 2. The van der Waals surface area contributed by atoms with Gasteiger partial charge < -0.3 is 10.0 Å². The predicted octanol–water partition coefficient (Wildman–Crippen LogP) is 4.01. The number of carboxylic acid groups (broad SMARTS) is 1. The quantitative estimate of drug-likeness (QED) is 0.892. The highest BCUT2D eigenvalue weighted by molar-refractivity contribution is 5.93. The molecule has 0 amide bonds. The minimum Gasteiger partial charge on any atom is -0.478 e. The minimum absolute atomic E-state index is 0.0840. The van der Waals surface area contributed by atoms with Crippen LogP contribution in [-0.2, 0) is 5.41 Å². The topological polar surface area (TPSA) is 53.4 Å². The first-order valence-corrected chi connectivity index (χ1v) is 7.89. The summed E-state index contributed by atoms with van der Waals surface area (Å²) in [6.45, 7) is 8.36. The minimum atomic E-state index is -2.68. The van der Waals surface area contributed by atoms with Crippen molar-refractivity contribution in [2.45, 2.75) is 58.3 Å². The van der Waals surface area contributed by atoms with E-state index in [2.05, 4.69) is 4.98 Å². The fourth-order valence-corrected chi connectivity index (χ4v) is 3.04. The Morgan fingerprint density at radius 1 is 1.30 bits per heavy atom. The van der Waals surface area contributed by atoms with Gasteiger partial charge in [0.25, 0.3) is 0 Å². The fraction of sp³-hybridized carbons (Fsp3) is 0.647. The van der Waals surface area contributed by atoms with Crippen molar-refractivity contribution in [3.63, 3.8) is 0 Å². The summed E-state index contributed by atoms with van der Waals surface area (Å²) in [5.74, 6) is -3.45. The lowest BCUT2D eigenvalue weighted by atomic mass is 9.88. The van der Waals surface area contributed by atoms with Gasteiger partial charge in [0.1, 0.15) is 11.4 Å². The number of anilines is 1. The van der Waals surface area contributed by atoms with Crippen molar-refractivity contribution >= 4 is 11.8 Å². The molecule has 1 fully saturated rings. The first kappa shape index (κ1) is 17.6. The van der Waals surface area contributed by atoms with Gasteiger partial charge in [-0.15, -0.1) is 0 Å². The monoisotopic (exact) mass is 326 g/mol. The van der Waals surface area contributed by atoms with E-state index in [9.17, 15) is 18.7 Å². The summed E-state index contributed by atoms with van der Waals surface area (Å²) in [6, 6.07) is 1.61. The molecule has 0 aromatic carbocycles. The molecular formula is C17H24F2N2O2. The maximum absolute atomic E-state index is 13.6. The largest absolute Gasteiger partial charge is 0.478 e. The number of carboxylic acids is 1. The summed E-state index contributed by atoms with van der Waals surface area (Å²) >= 11 is 0. The van der Waals surface area contributed by atoms with Crippen LogP contribution in [0.15, 0.2) is 6.07 Å². The molecule has 23 heavy (non-hydrogen) atoms. The van der Waals surface area contributed by atoms with Crippen LogP contribution in [0.2, 0.25) is 0 Å². The van der Waals surface area contributed by atoms with Gasteiger partial charge in [0.05, 0.1) is 5.69 Å². The van der Waals surface area contributed by atoms with Gasteiger partial charge in [0.15, 0.2) is 0 Å². The average molecular weight is 326 g/mol. The Balaban J connectivity index is 2.49. The van der Waals surface area contributed by atoms with Crippen LogP contribution in [0.4, 0.5) is 14.6 Å². The molecule has 1 saturated heterocycles. The van der Waals surface area contributed by atoms with E-state index in [0.717, 1.165) is 11.3 Å². The Morgan fingerprint density at radius 3 is 2.52 bits per heavy atom. The first-order chi connectivity index (χ1) is 10.5. The standard InChI is InChI=1S/C17H24F2N2O2/c1-11-10-12(15(22)23)14(20-13(11)16(2,3)4)21-8-5-6-17(18,19)7-9-21/h10H,5-9H2,1-4H3,(H,22,23). The SMILES string of the molecule is Cc1cc(C(=O)O)c(N2CCCC(F)(F)CC2)nc1C(C)(C)C. The molecule has 1 aromatic rings. The molecule has 0 spiro atoms. The Labute approximate surface area is 135 Å². The van der Waals surface area contributed by atoms with Crippen LogP contribution in [0.3, 0.4) is 0 Å². The van der Waals surface area contributed by atoms with E-state index >= 15 is 0 Å². The Bertz CT molecular complexity index is 609. The number of pyridine rings is 1. The van der Waals surface area contributed by atoms with Gasteiger partial charge >= 0.3 is 5.97 Å². The maximum Gasteiger partial charge on any atom is 0.339 e. The molecule has 128 valence electrons. The lowest BCUT2D eigenvalue weighted by Crippen LogP contribution is -2.30. The number of aromatic carboxylic acids is 1. The van der Waals surface area contributed by atoms with Crippen molar-refractivity contribution in [1.82, 2.24) is 4.98 Å². The van der Waals surface area contributed by atoms with Gasteiger partial charge in [-0.3, -0.25) is 0 Å². The second-order valence-corrected chi connectivity index (χ2v) is 7.28. The number of carbonyl (C=O) groups is 1. The highest BCUT2D eigenvalue weighted by Crippen LogP contribution is 2.33. The molecule has 1 aliphatic rings. The number of aryl methyl sites for hydroxylation is 1. The highest BCUT2D eigenvalue weighted by atomic mass is 19.3.